The van der Waals surface area contributed by atoms with Gasteiger partial charge in [0.1, 0.15) is 22.9 Å². The molecule has 142 valence electrons. The van der Waals surface area contributed by atoms with Crippen LogP contribution in [0, 0.1) is 0 Å². The molecule has 0 atom stereocenters. The van der Waals surface area contributed by atoms with Crippen LogP contribution in [0.3, 0.4) is 0 Å². The number of rotatable bonds is 5. The fraction of sp³-hybridized carbons (Fsp3) is 0.294. The van der Waals surface area contributed by atoms with E-state index < -0.39 is 5.91 Å². The SMILES string of the molecule is CNc1cc(Nc2cccnc2OC)nc2c(C(N)=O)cnn12.OC1CC1. The third-order valence-corrected chi connectivity index (χ3v) is 3.77. The fourth-order valence-corrected chi connectivity index (χ4v) is 2.24. The van der Waals surface area contributed by atoms with Gasteiger partial charge in [-0.3, -0.25) is 4.79 Å². The number of amides is 1. The van der Waals surface area contributed by atoms with Crippen molar-refractivity contribution in [2.75, 3.05) is 24.8 Å². The highest BCUT2D eigenvalue weighted by molar-refractivity contribution is 5.99. The highest BCUT2D eigenvalue weighted by Gasteiger charge is 2.16. The summed E-state index contributed by atoms with van der Waals surface area (Å²) in [6.07, 6.45) is 5.18. The van der Waals surface area contributed by atoms with Crippen LogP contribution in [0.2, 0.25) is 0 Å². The van der Waals surface area contributed by atoms with Crippen LogP contribution in [0.4, 0.5) is 17.3 Å². The van der Waals surface area contributed by atoms with Crippen LogP contribution < -0.4 is 21.1 Å². The van der Waals surface area contributed by atoms with Crippen molar-refractivity contribution in [1.82, 2.24) is 19.6 Å². The van der Waals surface area contributed by atoms with Crippen LogP contribution in [0.1, 0.15) is 23.2 Å². The summed E-state index contributed by atoms with van der Waals surface area (Å²) in [5, 5.41) is 18.4. The molecule has 0 spiro atoms. The zero-order chi connectivity index (χ0) is 19.4. The molecule has 3 aromatic heterocycles. The second-order valence-corrected chi connectivity index (χ2v) is 5.85. The van der Waals surface area contributed by atoms with E-state index in [9.17, 15) is 4.79 Å². The van der Waals surface area contributed by atoms with E-state index in [1.165, 1.54) is 17.8 Å². The Morgan fingerprint density at radius 3 is 2.78 bits per heavy atom. The summed E-state index contributed by atoms with van der Waals surface area (Å²) in [5.74, 6) is 0.985. The molecule has 0 unspecified atom stereocenters. The Hall–Kier alpha value is -3.40. The first-order chi connectivity index (χ1) is 13.0. The lowest BCUT2D eigenvalue weighted by Crippen LogP contribution is -2.12. The highest BCUT2D eigenvalue weighted by atomic mass is 16.5. The number of nitrogens with one attached hydrogen (secondary N) is 2. The fourth-order valence-electron chi connectivity index (χ4n) is 2.24. The van der Waals surface area contributed by atoms with Crippen LogP contribution in [0.5, 0.6) is 5.88 Å². The van der Waals surface area contributed by atoms with Gasteiger partial charge >= 0.3 is 0 Å². The van der Waals surface area contributed by atoms with E-state index in [1.807, 2.05) is 6.07 Å². The van der Waals surface area contributed by atoms with Crippen molar-refractivity contribution in [3.8, 4) is 5.88 Å². The highest BCUT2D eigenvalue weighted by Crippen LogP contribution is 2.26. The van der Waals surface area contributed by atoms with Crippen LogP contribution in [-0.2, 0) is 0 Å². The summed E-state index contributed by atoms with van der Waals surface area (Å²) in [6, 6.07) is 5.33. The Balaban J connectivity index is 0.000000466. The van der Waals surface area contributed by atoms with Crippen LogP contribution in [-0.4, -0.2) is 50.9 Å². The molecule has 1 fully saturated rings. The molecule has 1 aliphatic rings. The molecule has 1 amide bonds. The maximum atomic E-state index is 11.5. The van der Waals surface area contributed by atoms with Gasteiger partial charge in [0.2, 0.25) is 5.88 Å². The van der Waals surface area contributed by atoms with Crippen molar-refractivity contribution >= 4 is 28.9 Å². The van der Waals surface area contributed by atoms with E-state index in [2.05, 4.69) is 25.7 Å². The van der Waals surface area contributed by atoms with Gasteiger partial charge in [0, 0.05) is 19.3 Å². The van der Waals surface area contributed by atoms with Gasteiger partial charge in [0.15, 0.2) is 5.65 Å². The molecule has 4 rings (SSSR count). The first kappa shape index (κ1) is 18.4. The number of fused-ring (bicyclic) bond motifs is 1. The summed E-state index contributed by atoms with van der Waals surface area (Å²) in [6.45, 7) is 0. The summed E-state index contributed by atoms with van der Waals surface area (Å²) in [5.41, 5.74) is 6.60. The molecule has 0 aromatic carbocycles. The number of aromatic nitrogens is 4. The molecule has 0 aliphatic heterocycles. The molecule has 0 bridgehead atoms. The van der Waals surface area contributed by atoms with Crippen molar-refractivity contribution in [3.63, 3.8) is 0 Å². The summed E-state index contributed by atoms with van der Waals surface area (Å²) in [4.78, 5) is 20.0. The van der Waals surface area contributed by atoms with Crippen molar-refractivity contribution in [2.24, 2.45) is 5.73 Å². The Morgan fingerprint density at radius 2 is 2.19 bits per heavy atom. The zero-order valence-electron chi connectivity index (χ0n) is 15.0. The van der Waals surface area contributed by atoms with Crippen LogP contribution in [0.25, 0.3) is 5.65 Å². The third-order valence-electron chi connectivity index (χ3n) is 3.77. The lowest BCUT2D eigenvalue weighted by molar-refractivity contribution is 0.100. The van der Waals surface area contributed by atoms with Crippen molar-refractivity contribution < 1.29 is 14.6 Å². The van der Waals surface area contributed by atoms with E-state index >= 15 is 0 Å². The number of pyridine rings is 1. The molecule has 3 aromatic rings. The molecule has 27 heavy (non-hydrogen) atoms. The van der Waals surface area contributed by atoms with Gasteiger partial charge in [-0.05, 0) is 25.0 Å². The Bertz CT molecular complexity index is 953. The number of methoxy groups -OCH3 is 1. The molecule has 10 nitrogen and oxygen atoms in total. The standard InChI is InChI=1S/C14H15N7O2.C3H6O/c1-16-11-6-10(19-9-4-3-5-17-14(9)23-2)20-13-8(12(15)22)7-18-21(11)13;4-3-1-2-3/h3-7,16H,1-2H3,(H2,15,22)(H,19,20);3-4H,1-2H2. The predicted molar refractivity (Wildman–Crippen MR) is 100 cm³/mol. The van der Waals surface area contributed by atoms with E-state index in [1.54, 1.807) is 25.4 Å². The Labute approximate surface area is 155 Å². The number of nitrogens with zero attached hydrogens (tertiary/aromatic N) is 4. The zero-order valence-corrected chi connectivity index (χ0v) is 15.0. The Morgan fingerprint density at radius 1 is 1.44 bits per heavy atom. The minimum Gasteiger partial charge on any atom is -0.480 e. The average molecular weight is 371 g/mol. The molecule has 1 saturated carbocycles. The summed E-state index contributed by atoms with van der Waals surface area (Å²) in [7, 11) is 3.28. The molecular weight excluding hydrogens is 350 g/mol. The van der Waals surface area contributed by atoms with Gasteiger partial charge in [-0.15, -0.1) is 0 Å². The predicted octanol–water partition coefficient (Wildman–Crippen LogP) is 1.16. The van der Waals surface area contributed by atoms with E-state index in [-0.39, 0.29) is 11.7 Å². The van der Waals surface area contributed by atoms with Gasteiger partial charge in [-0.2, -0.15) is 9.61 Å². The smallest absolute Gasteiger partial charge is 0.254 e. The average Bonchev–Trinajstić information content (AvgIpc) is 3.32. The van der Waals surface area contributed by atoms with E-state index in [4.69, 9.17) is 15.6 Å². The van der Waals surface area contributed by atoms with Crippen molar-refractivity contribution in [3.05, 3.63) is 36.2 Å². The number of carbonyl (C=O) groups is 1. The number of nitrogens with two attached hydrogens (primary N) is 1. The molecule has 10 heteroatoms. The number of carbonyl (C=O) groups excluding carboxylic acids is 1. The second kappa shape index (κ2) is 7.87. The Kier molecular flexibility index (Phi) is 5.36. The number of aliphatic hydroxyl groups excluding tert-OH is 1. The molecule has 1 aliphatic carbocycles. The second-order valence-electron chi connectivity index (χ2n) is 5.85. The van der Waals surface area contributed by atoms with Crippen molar-refractivity contribution in [1.29, 1.82) is 0 Å². The maximum absolute atomic E-state index is 11.5. The molecule has 0 saturated heterocycles. The van der Waals surface area contributed by atoms with Gasteiger partial charge in [-0.25, -0.2) is 9.97 Å². The number of ether oxygens (including phenoxy) is 1. The monoisotopic (exact) mass is 371 g/mol. The number of primary amides is 1. The quantitative estimate of drug-likeness (QED) is 0.524. The topological polar surface area (TPSA) is 140 Å². The van der Waals surface area contributed by atoms with Crippen LogP contribution >= 0.6 is 0 Å². The number of aliphatic hydroxyl groups is 1. The number of anilines is 3. The van der Waals surface area contributed by atoms with E-state index in [0.717, 1.165) is 12.8 Å². The number of hydrogen-bond donors (Lipinski definition) is 4. The molecule has 5 N–H and O–H groups in total. The summed E-state index contributed by atoms with van der Waals surface area (Å²) < 4.78 is 6.71. The maximum Gasteiger partial charge on any atom is 0.254 e. The normalized spacial score (nSPS) is 12.9. The molecule has 0 radical (unpaired) electrons. The minimum absolute atomic E-state index is 0.0833. The third kappa shape index (κ3) is 4.23. The van der Waals surface area contributed by atoms with E-state index in [0.29, 0.717) is 28.9 Å². The minimum atomic E-state index is -0.592. The van der Waals surface area contributed by atoms with Gasteiger partial charge in [-0.1, -0.05) is 0 Å². The lowest BCUT2D eigenvalue weighted by Gasteiger charge is -2.11. The first-order valence-corrected chi connectivity index (χ1v) is 8.34. The van der Waals surface area contributed by atoms with Crippen molar-refractivity contribution in [2.45, 2.75) is 18.9 Å². The molecular formula is C17H21N7O3. The first-order valence-electron chi connectivity index (χ1n) is 8.34. The van der Waals surface area contributed by atoms with Crippen LogP contribution in [0.15, 0.2) is 30.6 Å². The van der Waals surface area contributed by atoms with Gasteiger partial charge in [0.05, 0.1) is 19.4 Å². The van der Waals surface area contributed by atoms with Gasteiger partial charge in [0.25, 0.3) is 5.91 Å². The molecule has 3 heterocycles. The lowest BCUT2D eigenvalue weighted by atomic mass is 10.3. The number of hydrogen-bond acceptors (Lipinski definition) is 8. The van der Waals surface area contributed by atoms with Gasteiger partial charge < -0.3 is 26.2 Å². The summed E-state index contributed by atoms with van der Waals surface area (Å²) >= 11 is 0. The largest absolute Gasteiger partial charge is 0.480 e.